The Bertz CT molecular complexity index is 722. The van der Waals surface area contributed by atoms with E-state index in [0.717, 1.165) is 5.92 Å². The molecule has 3 aromatic rings. The molecule has 0 bridgehead atoms. The summed E-state index contributed by atoms with van der Waals surface area (Å²) in [6, 6.07) is 20.3. The summed E-state index contributed by atoms with van der Waals surface area (Å²) < 4.78 is 0. The van der Waals surface area contributed by atoms with Gasteiger partial charge >= 0.3 is 0 Å². The average molecular weight is 288 g/mol. The predicted octanol–water partition coefficient (Wildman–Crippen LogP) is 6.82. The standard InChI is InChI=1S/C22H24/c1-2-4-10-17(11-5-3-1)22-20-14-8-6-12-18(20)16-19-13-7-9-15-21(19)22/h6-9,12-17H,1-5,10-11H2. The Morgan fingerprint density at radius 2 is 1.09 bits per heavy atom. The molecule has 0 saturated heterocycles. The fraction of sp³-hybridized carbons (Fsp3) is 0.364. The van der Waals surface area contributed by atoms with Crippen LogP contribution in [-0.4, -0.2) is 0 Å². The number of hydrogen-bond acceptors (Lipinski definition) is 0. The van der Waals surface area contributed by atoms with Crippen molar-refractivity contribution >= 4 is 21.5 Å². The zero-order valence-corrected chi connectivity index (χ0v) is 13.2. The van der Waals surface area contributed by atoms with Crippen LogP contribution < -0.4 is 0 Å². The van der Waals surface area contributed by atoms with Gasteiger partial charge in [0, 0.05) is 0 Å². The molecule has 0 radical (unpaired) electrons. The summed E-state index contributed by atoms with van der Waals surface area (Å²) in [6.45, 7) is 0. The zero-order chi connectivity index (χ0) is 14.8. The third-order valence-corrected chi connectivity index (χ3v) is 5.33. The van der Waals surface area contributed by atoms with Gasteiger partial charge in [0.25, 0.3) is 0 Å². The fourth-order valence-electron chi connectivity index (χ4n) is 4.23. The first-order valence-electron chi connectivity index (χ1n) is 8.84. The van der Waals surface area contributed by atoms with Crippen LogP contribution in [0.4, 0.5) is 0 Å². The molecule has 0 aliphatic heterocycles. The van der Waals surface area contributed by atoms with Crippen molar-refractivity contribution in [3.8, 4) is 0 Å². The van der Waals surface area contributed by atoms with Gasteiger partial charge in [0.15, 0.2) is 0 Å². The number of fused-ring (bicyclic) bond motifs is 2. The van der Waals surface area contributed by atoms with Crippen LogP contribution in [0.1, 0.15) is 56.4 Å². The third kappa shape index (κ3) is 2.52. The molecule has 0 heteroatoms. The van der Waals surface area contributed by atoms with Gasteiger partial charge in [-0.3, -0.25) is 0 Å². The molecule has 4 rings (SSSR count). The van der Waals surface area contributed by atoms with Gasteiger partial charge in [0.05, 0.1) is 0 Å². The molecule has 0 nitrogen and oxygen atoms in total. The second kappa shape index (κ2) is 6.12. The SMILES string of the molecule is c1ccc2c(C3CCCCCCC3)c3ccccc3cc2c1. The van der Waals surface area contributed by atoms with Gasteiger partial charge < -0.3 is 0 Å². The highest BCUT2D eigenvalue weighted by molar-refractivity contribution is 6.02. The molecule has 0 spiro atoms. The number of hydrogen-bond donors (Lipinski definition) is 0. The summed E-state index contributed by atoms with van der Waals surface area (Å²) in [5.41, 5.74) is 1.62. The Morgan fingerprint density at radius 1 is 0.591 bits per heavy atom. The predicted molar refractivity (Wildman–Crippen MR) is 96.5 cm³/mol. The van der Waals surface area contributed by atoms with E-state index in [4.69, 9.17) is 0 Å². The molecule has 112 valence electrons. The molecule has 1 saturated carbocycles. The Balaban J connectivity index is 1.94. The lowest BCUT2D eigenvalue weighted by Gasteiger charge is -2.23. The van der Waals surface area contributed by atoms with Crippen LogP contribution in [0.2, 0.25) is 0 Å². The first-order chi connectivity index (χ1) is 10.9. The molecule has 0 unspecified atom stereocenters. The summed E-state index contributed by atoms with van der Waals surface area (Å²) in [4.78, 5) is 0. The summed E-state index contributed by atoms with van der Waals surface area (Å²) in [7, 11) is 0. The normalized spacial score (nSPS) is 17.5. The van der Waals surface area contributed by atoms with Crippen molar-refractivity contribution in [3.63, 3.8) is 0 Å². The smallest absolute Gasteiger partial charge is 0.0143 e. The molecule has 1 fully saturated rings. The minimum Gasteiger partial charge on any atom is -0.0616 e. The van der Waals surface area contributed by atoms with Crippen LogP contribution in [0.3, 0.4) is 0 Å². The summed E-state index contributed by atoms with van der Waals surface area (Å²) >= 11 is 0. The Morgan fingerprint density at radius 3 is 1.68 bits per heavy atom. The largest absolute Gasteiger partial charge is 0.0616 e. The van der Waals surface area contributed by atoms with E-state index >= 15 is 0 Å². The fourth-order valence-corrected chi connectivity index (χ4v) is 4.23. The van der Waals surface area contributed by atoms with Crippen molar-refractivity contribution in [2.24, 2.45) is 0 Å². The van der Waals surface area contributed by atoms with Crippen molar-refractivity contribution in [1.29, 1.82) is 0 Å². The molecular formula is C22H24. The Kier molecular flexibility index (Phi) is 3.84. The van der Waals surface area contributed by atoms with Gasteiger partial charge in [0.2, 0.25) is 0 Å². The minimum atomic E-state index is 0.733. The van der Waals surface area contributed by atoms with Crippen LogP contribution >= 0.6 is 0 Å². The Hall–Kier alpha value is -1.82. The minimum absolute atomic E-state index is 0.733. The number of rotatable bonds is 1. The Labute approximate surface area is 133 Å². The van der Waals surface area contributed by atoms with E-state index in [1.807, 2.05) is 0 Å². The highest BCUT2D eigenvalue weighted by atomic mass is 14.2. The van der Waals surface area contributed by atoms with E-state index < -0.39 is 0 Å². The quantitative estimate of drug-likeness (QED) is 0.431. The molecule has 0 aromatic heterocycles. The van der Waals surface area contributed by atoms with Gasteiger partial charge in [-0.1, -0.05) is 80.6 Å². The number of benzene rings is 3. The van der Waals surface area contributed by atoms with E-state index in [0.29, 0.717) is 0 Å². The van der Waals surface area contributed by atoms with Crippen LogP contribution in [-0.2, 0) is 0 Å². The van der Waals surface area contributed by atoms with Crippen molar-refractivity contribution < 1.29 is 0 Å². The molecule has 0 amide bonds. The van der Waals surface area contributed by atoms with E-state index in [-0.39, 0.29) is 0 Å². The summed E-state index contributed by atoms with van der Waals surface area (Å²) in [5, 5.41) is 5.76. The van der Waals surface area contributed by atoms with Crippen LogP contribution in [0.5, 0.6) is 0 Å². The van der Waals surface area contributed by atoms with Crippen molar-refractivity contribution in [3.05, 3.63) is 60.2 Å². The van der Waals surface area contributed by atoms with E-state index in [9.17, 15) is 0 Å². The maximum atomic E-state index is 2.36. The lowest BCUT2D eigenvalue weighted by molar-refractivity contribution is 0.459. The maximum absolute atomic E-state index is 2.36. The highest BCUT2D eigenvalue weighted by Crippen LogP contribution is 2.39. The van der Waals surface area contributed by atoms with Gasteiger partial charge in [-0.05, 0) is 51.9 Å². The van der Waals surface area contributed by atoms with Crippen LogP contribution in [0.25, 0.3) is 21.5 Å². The molecule has 1 aliphatic carbocycles. The zero-order valence-electron chi connectivity index (χ0n) is 13.2. The monoisotopic (exact) mass is 288 g/mol. The molecule has 0 atom stereocenters. The van der Waals surface area contributed by atoms with E-state index in [1.54, 1.807) is 5.56 Å². The lowest BCUT2D eigenvalue weighted by Crippen LogP contribution is -2.04. The van der Waals surface area contributed by atoms with Crippen LogP contribution in [0.15, 0.2) is 54.6 Å². The summed E-state index contributed by atoms with van der Waals surface area (Å²) in [6.07, 6.45) is 9.77. The third-order valence-electron chi connectivity index (χ3n) is 5.33. The van der Waals surface area contributed by atoms with Crippen molar-refractivity contribution in [2.75, 3.05) is 0 Å². The highest BCUT2D eigenvalue weighted by Gasteiger charge is 2.18. The van der Waals surface area contributed by atoms with Crippen molar-refractivity contribution in [2.45, 2.75) is 50.9 Å². The molecule has 0 heterocycles. The molecule has 3 aromatic carbocycles. The van der Waals surface area contributed by atoms with Crippen LogP contribution in [0, 0.1) is 0 Å². The molecular weight excluding hydrogens is 264 g/mol. The van der Waals surface area contributed by atoms with Crippen molar-refractivity contribution in [1.82, 2.24) is 0 Å². The summed E-state index contributed by atoms with van der Waals surface area (Å²) in [5.74, 6) is 0.733. The first-order valence-corrected chi connectivity index (χ1v) is 8.84. The average Bonchev–Trinajstić information content (AvgIpc) is 2.53. The molecule has 0 N–H and O–H groups in total. The topological polar surface area (TPSA) is 0 Å². The van der Waals surface area contributed by atoms with E-state index in [2.05, 4.69) is 54.6 Å². The van der Waals surface area contributed by atoms with Gasteiger partial charge in [-0.15, -0.1) is 0 Å². The second-order valence-corrected chi connectivity index (χ2v) is 6.77. The lowest BCUT2D eigenvalue weighted by atomic mass is 9.81. The van der Waals surface area contributed by atoms with Gasteiger partial charge in [-0.25, -0.2) is 0 Å². The van der Waals surface area contributed by atoms with Gasteiger partial charge in [-0.2, -0.15) is 0 Å². The first kappa shape index (κ1) is 13.8. The second-order valence-electron chi connectivity index (χ2n) is 6.77. The molecule has 1 aliphatic rings. The van der Waals surface area contributed by atoms with Gasteiger partial charge in [0.1, 0.15) is 0 Å². The van der Waals surface area contributed by atoms with E-state index in [1.165, 1.54) is 66.5 Å². The maximum Gasteiger partial charge on any atom is -0.0143 e. The molecule has 22 heavy (non-hydrogen) atoms.